The number of nitrogens with zero attached hydrogens (tertiary/aromatic N) is 1. The highest BCUT2D eigenvalue weighted by Crippen LogP contribution is 2.31. The van der Waals surface area contributed by atoms with E-state index in [1.807, 2.05) is 24.3 Å². The number of fused-ring (bicyclic) bond motifs is 3. The summed E-state index contributed by atoms with van der Waals surface area (Å²) < 4.78 is 6.49. The van der Waals surface area contributed by atoms with E-state index in [2.05, 4.69) is 17.1 Å². The minimum absolute atomic E-state index is 0.292. The maximum absolute atomic E-state index is 11.8. The van der Waals surface area contributed by atoms with Crippen LogP contribution >= 0.6 is 23.5 Å². The Hall–Kier alpha value is -1.72. The van der Waals surface area contributed by atoms with E-state index < -0.39 is 0 Å². The van der Waals surface area contributed by atoms with Crippen LogP contribution in [0.1, 0.15) is 5.56 Å². The Labute approximate surface area is 135 Å². The summed E-state index contributed by atoms with van der Waals surface area (Å²) in [7, 11) is 0. The molecular formula is C17H13NO2S2. The number of thioether (sulfide) groups is 2. The van der Waals surface area contributed by atoms with Crippen molar-refractivity contribution in [2.24, 2.45) is 4.99 Å². The summed E-state index contributed by atoms with van der Waals surface area (Å²) in [5.41, 5.74) is 1.38. The minimum atomic E-state index is -0.292. The molecule has 0 atom stereocenters. The molecule has 0 aliphatic carbocycles. The van der Waals surface area contributed by atoms with Crippen LogP contribution in [0.3, 0.4) is 0 Å². The van der Waals surface area contributed by atoms with E-state index >= 15 is 0 Å². The molecule has 0 radical (unpaired) electrons. The molecule has 0 spiro atoms. The number of hydrogen-bond acceptors (Lipinski definition) is 5. The van der Waals surface area contributed by atoms with Gasteiger partial charge in [0.15, 0.2) is 0 Å². The lowest BCUT2D eigenvalue weighted by Crippen LogP contribution is -2.00. The lowest BCUT2D eigenvalue weighted by Gasteiger charge is -2.08. The van der Waals surface area contributed by atoms with Crippen molar-refractivity contribution in [2.45, 2.75) is 5.75 Å². The number of benzene rings is 2. The average Bonchev–Trinajstić information content (AvgIpc) is 3.05. The van der Waals surface area contributed by atoms with E-state index in [-0.39, 0.29) is 5.63 Å². The van der Waals surface area contributed by atoms with Crippen molar-refractivity contribution in [1.82, 2.24) is 0 Å². The Morgan fingerprint density at radius 2 is 2.14 bits per heavy atom. The molecule has 0 saturated heterocycles. The third-order valence-electron chi connectivity index (χ3n) is 3.62. The zero-order valence-corrected chi connectivity index (χ0v) is 13.4. The first-order chi connectivity index (χ1) is 10.8. The highest BCUT2D eigenvalue weighted by Gasteiger charge is 2.12. The van der Waals surface area contributed by atoms with Crippen LogP contribution in [0.4, 0.5) is 0 Å². The van der Waals surface area contributed by atoms with Crippen molar-refractivity contribution in [3.63, 3.8) is 0 Å². The minimum Gasteiger partial charge on any atom is -0.423 e. The first-order valence-corrected chi connectivity index (χ1v) is 9.03. The van der Waals surface area contributed by atoms with Gasteiger partial charge in [-0.15, -0.1) is 0 Å². The molecule has 0 unspecified atom stereocenters. The lowest BCUT2D eigenvalue weighted by atomic mass is 10.0. The van der Waals surface area contributed by atoms with Crippen molar-refractivity contribution >= 4 is 49.6 Å². The van der Waals surface area contributed by atoms with Gasteiger partial charge in [0.2, 0.25) is 0 Å². The molecule has 22 heavy (non-hydrogen) atoms. The Kier molecular flexibility index (Phi) is 3.68. The summed E-state index contributed by atoms with van der Waals surface area (Å²) in [4.78, 5) is 16.3. The van der Waals surface area contributed by atoms with Gasteiger partial charge < -0.3 is 4.42 Å². The van der Waals surface area contributed by atoms with Crippen molar-refractivity contribution in [3.05, 3.63) is 58.4 Å². The first kappa shape index (κ1) is 13.9. The van der Waals surface area contributed by atoms with Crippen molar-refractivity contribution in [3.8, 4) is 0 Å². The molecule has 0 bridgehead atoms. The van der Waals surface area contributed by atoms with Crippen LogP contribution in [0.5, 0.6) is 0 Å². The molecule has 4 rings (SSSR count). The molecule has 5 heteroatoms. The van der Waals surface area contributed by atoms with E-state index in [1.165, 1.54) is 0 Å². The molecule has 1 aliphatic rings. The van der Waals surface area contributed by atoms with Gasteiger partial charge in [0.05, 0.1) is 6.54 Å². The third kappa shape index (κ3) is 2.55. The lowest BCUT2D eigenvalue weighted by molar-refractivity contribution is 0.560. The Morgan fingerprint density at radius 3 is 3.00 bits per heavy atom. The van der Waals surface area contributed by atoms with Gasteiger partial charge in [-0.2, -0.15) is 0 Å². The van der Waals surface area contributed by atoms with Gasteiger partial charge in [0, 0.05) is 23.0 Å². The molecule has 3 nitrogen and oxygen atoms in total. The molecule has 3 aromatic rings. The van der Waals surface area contributed by atoms with E-state index in [1.54, 1.807) is 29.6 Å². The quantitative estimate of drug-likeness (QED) is 0.520. The maximum Gasteiger partial charge on any atom is 0.336 e. The van der Waals surface area contributed by atoms with E-state index in [0.717, 1.165) is 44.1 Å². The second-order valence-corrected chi connectivity index (χ2v) is 7.34. The average molecular weight is 327 g/mol. The van der Waals surface area contributed by atoms with Crippen LogP contribution in [0.15, 0.2) is 56.7 Å². The van der Waals surface area contributed by atoms with Gasteiger partial charge in [-0.05, 0) is 22.4 Å². The second kappa shape index (κ2) is 5.82. The molecule has 1 aromatic heterocycles. The predicted octanol–water partition coefficient (Wildman–Crippen LogP) is 4.28. The van der Waals surface area contributed by atoms with Gasteiger partial charge >= 0.3 is 5.63 Å². The first-order valence-electron chi connectivity index (χ1n) is 7.06. The molecule has 1 aliphatic heterocycles. The summed E-state index contributed by atoms with van der Waals surface area (Å²) in [5, 5.41) is 3.32. The van der Waals surface area contributed by atoms with Crippen molar-refractivity contribution in [1.29, 1.82) is 0 Å². The van der Waals surface area contributed by atoms with E-state index in [9.17, 15) is 4.79 Å². The van der Waals surface area contributed by atoms with Crippen LogP contribution in [-0.2, 0) is 5.75 Å². The molecule has 2 aromatic carbocycles. The molecule has 0 amide bonds. The largest absolute Gasteiger partial charge is 0.423 e. The zero-order valence-electron chi connectivity index (χ0n) is 11.7. The molecule has 0 saturated carbocycles. The highest BCUT2D eigenvalue weighted by atomic mass is 32.2. The van der Waals surface area contributed by atoms with Gasteiger partial charge in [-0.25, -0.2) is 4.79 Å². The van der Waals surface area contributed by atoms with E-state index in [0.29, 0.717) is 5.58 Å². The Balaban J connectivity index is 1.87. The van der Waals surface area contributed by atoms with Gasteiger partial charge in [0.25, 0.3) is 0 Å². The second-order valence-electron chi connectivity index (χ2n) is 5.04. The monoisotopic (exact) mass is 327 g/mol. The smallest absolute Gasteiger partial charge is 0.336 e. The van der Waals surface area contributed by atoms with Gasteiger partial charge in [-0.1, -0.05) is 53.9 Å². The summed E-state index contributed by atoms with van der Waals surface area (Å²) in [5.74, 6) is 1.80. The molecule has 110 valence electrons. The van der Waals surface area contributed by atoms with Gasteiger partial charge in [-0.3, -0.25) is 4.99 Å². The topological polar surface area (TPSA) is 42.6 Å². The Morgan fingerprint density at radius 1 is 1.23 bits per heavy atom. The van der Waals surface area contributed by atoms with Crippen molar-refractivity contribution in [2.75, 3.05) is 12.3 Å². The third-order valence-corrected chi connectivity index (χ3v) is 5.92. The fourth-order valence-corrected chi connectivity index (χ4v) is 4.67. The van der Waals surface area contributed by atoms with Crippen LogP contribution in [0.25, 0.3) is 21.7 Å². The molecule has 0 fully saturated rings. The molecule has 0 N–H and O–H groups in total. The predicted molar refractivity (Wildman–Crippen MR) is 96.0 cm³/mol. The zero-order chi connectivity index (χ0) is 14.9. The molecular weight excluding hydrogens is 314 g/mol. The summed E-state index contributed by atoms with van der Waals surface area (Å²) in [6, 6.07) is 13.7. The van der Waals surface area contributed by atoms with Gasteiger partial charge in [0.1, 0.15) is 9.96 Å². The van der Waals surface area contributed by atoms with Crippen LogP contribution in [0.2, 0.25) is 0 Å². The number of aliphatic imine (C=N–C) groups is 1. The molecule has 2 heterocycles. The summed E-state index contributed by atoms with van der Waals surface area (Å²) in [6.45, 7) is 0.896. The summed E-state index contributed by atoms with van der Waals surface area (Å²) in [6.07, 6.45) is 0. The number of rotatable bonds is 2. The highest BCUT2D eigenvalue weighted by molar-refractivity contribution is 8.38. The maximum atomic E-state index is 11.8. The van der Waals surface area contributed by atoms with E-state index in [4.69, 9.17) is 4.42 Å². The normalized spacial score (nSPS) is 14.6. The number of hydrogen-bond donors (Lipinski definition) is 0. The SMILES string of the molecule is O=c1cc(CSC2=NCCS2)c2c(ccc3ccccc32)o1. The standard InChI is InChI=1S/C17H13NO2S2/c19-15-9-12(10-22-17-18-7-8-21-17)16-13-4-2-1-3-11(13)5-6-14(16)20-15/h1-6,9H,7-8,10H2. The summed E-state index contributed by atoms with van der Waals surface area (Å²) >= 11 is 3.49. The van der Waals surface area contributed by atoms with Crippen LogP contribution < -0.4 is 5.63 Å². The fourth-order valence-electron chi connectivity index (χ4n) is 2.68. The Bertz CT molecular complexity index is 946. The van der Waals surface area contributed by atoms with Crippen LogP contribution in [-0.4, -0.2) is 16.7 Å². The van der Waals surface area contributed by atoms with Crippen LogP contribution in [0, 0.1) is 0 Å². The fraction of sp³-hybridized carbons (Fsp3) is 0.176. The van der Waals surface area contributed by atoms with Crippen molar-refractivity contribution < 1.29 is 4.42 Å².